The summed E-state index contributed by atoms with van der Waals surface area (Å²) in [6.45, 7) is 3.68. The van der Waals surface area contributed by atoms with Gasteiger partial charge in [0.2, 0.25) is 0 Å². The molecular formula is C26H56NO5PS. The van der Waals surface area contributed by atoms with Crippen LogP contribution in [0.4, 0.5) is 0 Å². The summed E-state index contributed by atoms with van der Waals surface area (Å²) in [6, 6.07) is 0. The van der Waals surface area contributed by atoms with Gasteiger partial charge in [-0.15, -0.1) is 0 Å². The van der Waals surface area contributed by atoms with Crippen molar-refractivity contribution >= 4 is 19.6 Å². The predicted molar refractivity (Wildman–Crippen MR) is 145 cm³/mol. The molecule has 0 spiro atoms. The third-order valence-corrected chi connectivity index (χ3v) is 7.53. The summed E-state index contributed by atoms with van der Waals surface area (Å²) in [5.41, 5.74) is 0. The molecule has 34 heavy (non-hydrogen) atoms. The number of phosphoric ester groups is 1. The maximum Gasteiger partial charge on any atom is 0.268 e. The number of phosphoric acid groups is 1. The summed E-state index contributed by atoms with van der Waals surface area (Å²) >= 11 is 1.73. The lowest BCUT2D eigenvalue weighted by atomic mass is 10.0. The van der Waals surface area contributed by atoms with Gasteiger partial charge in [0.25, 0.3) is 7.82 Å². The number of thioether (sulfide) groups is 1. The third-order valence-electron chi connectivity index (χ3n) is 5.93. The Labute approximate surface area is 216 Å². The fraction of sp³-hybridized carbons (Fsp3) is 1.00. The smallest absolute Gasteiger partial charge is 0.268 e. The number of unbranched alkanes of at least 4 members (excludes halogenated alkanes) is 13. The Morgan fingerprint density at radius 3 is 1.76 bits per heavy atom. The quantitative estimate of drug-likeness (QED) is 0.0702. The maximum atomic E-state index is 12.0. The van der Waals surface area contributed by atoms with E-state index in [1.54, 1.807) is 11.8 Å². The molecule has 2 atom stereocenters. The van der Waals surface area contributed by atoms with Crippen molar-refractivity contribution < 1.29 is 27.7 Å². The molecule has 0 rings (SSSR count). The van der Waals surface area contributed by atoms with Crippen LogP contribution in [0.15, 0.2) is 0 Å². The van der Waals surface area contributed by atoms with Crippen molar-refractivity contribution in [2.24, 2.45) is 0 Å². The van der Waals surface area contributed by atoms with Gasteiger partial charge >= 0.3 is 0 Å². The zero-order valence-corrected chi connectivity index (χ0v) is 24.8. The van der Waals surface area contributed by atoms with E-state index in [4.69, 9.17) is 13.8 Å². The minimum absolute atomic E-state index is 0.0321. The monoisotopic (exact) mass is 525 g/mol. The molecule has 0 aliphatic carbocycles. The van der Waals surface area contributed by atoms with Gasteiger partial charge in [-0.1, -0.05) is 90.4 Å². The molecule has 0 N–H and O–H groups in total. The zero-order valence-electron chi connectivity index (χ0n) is 23.1. The third kappa shape index (κ3) is 25.5. The Kier molecular flexibility index (Phi) is 22.8. The summed E-state index contributed by atoms with van der Waals surface area (Å²) in [5.74, 6) is 0.915. The molecule has 0 amide bonds. The van der Waals surface area contributed by atoms with Gasteiger partial charge in [0.1, 0.15) is 13.2 Å². The largest absolute Gasteiger partial charge is 0.756 e. The molecule has 8 heteroatoms. The van der Waals surface area contributed by atoms with Crippen molar-refractivity contribution in [3.63, 3.8) is 0 Å². The lowest BCUT2D eigenvalue weighted by Gasteiger charge is -2.28. The van der Waals surface area contributed by atoms with E-state index in [9.17, 15) is 9.46 Å². The SMILES string of the molecule is CCCCCCCCCCCCCCCCOC(CCSC)COP(=O)([O-])OCC[N+](C)(C)C. The molecular weight excluding hydrogens is 469 g/mol. The van der Waals surface area contributed by atoms with Crippen LogP contribution in [0.2, 0.25) is 0 Å². The highest BCUT2D eigenvalue weighted by Crippen LogP contribution is 2.38. The molecule has 0 radical (unpaired) electrons. The van der Waals surface area contributed by atoms with Crippen molar-refractivity contribution in [1.82, 2.24) is 0 Å². The van der Waals surface area contributed by atoms with Crippen molar-refractivity contribution in [3.8, 4) is 0 Å². The van der Waals surface area contributed by atoms with E-state index in [2.05, 4.69) is 6.92 Å². The average Bonchev–Trinajstić information content (AvgIpc) is 2.76. The molecule has 0 saturated carbocycles. The van der Waals surface area contributed by atoms with Gasteiger partial charge in [-0.2, -0.15) is 11.8 Å². The predicted octanol–water partition coefficient (Wildman–Crippen LogP) is 6.81. The van der Waals surface area contributed by atoms with Crippen LogP contribution in [-0.4, -0.2) is 70.1 Å². The average molecular weight is 526 g/mol. The molecule has 0 fully saturated rings. The van der Waals surface area contributed by atoms with Gasteiger partial charge in [0, 0.05) is 6.61 Å². The van der Waals surface area contributed by atoms with Crippen molar-refractivity contribution in [2.45, 2.75) is 109 Å². The number of rotatable bonds is 26. The Morgan fingerprint density at radius 2 is 1.29 bits per heavy atom. The van der Waals surface area contributed by atoms with Gasteiger partial charge in [-0.05, 0) is 24.9 Å². The zero-order chi connectivity index (χ0) is 25.5. The fourth-order valence-corrected chi connectivity index (χ4v) is 4.88. The molecule has 6 nitrogen and oxygen atoms in total. The summed E-state index contributed by atoms with van der Waals surface area (Å²) < 4.78 is 28.7. The van der Waals surface area contributed by atoms with E-state index in [1.165, 1.54) is 83.5 Å². The summed E-state index contributed by atoms with van der Waals surface area (Å²) in [4.78, 5) is 12.0. The maximum absolute atomic E-state index is 12.0. The first-order valence-corrected chi connectivity index (χ1v) is 16.6. The molecule has 206 valence electrons. The Balaban J connectivity index is 3.78. The van der Waals surface area contributed by atoms with E-state index in [0.29, 0.717) is 17.6 Å². The van der Waals surface area contributed by atoms with Crippen LogP contribution in [0.5, 0.6) is 0 Å². The van der Waals surface area contributed by atoms with Gasteiger partial charge < -0.3 is 23.2 Å². The Morgan fingerprint density at radius 1 is 0.794 bits per heavy atom. The van der Waals surface area contributed by atoms with Crippen LogP contribution in [-0.2, 0) is 18.3 Å². The van der Waals surface area contributed by atoms with Crippen molar-refractivity contribution in [1.29, 1.82) is 0 Å². The van der Waals surface area contributed by atoms with Gasteiger partial charge in [0.15, 0.2) is 0 Å². The van der Waals surface area contributed by atoms with Gasteiger partial charge in [0.05, 0.1) is 33.9 Å². The molecule has 0 saturated heterocycles. The number of hydrogen-bond donors (Lipinski definition) is 0. The lowest BCUT2D eigenvalue weighted by molar-refractivity contribution is -0.870. The van der Waals surface area contributed by atoms with Crippen LogP contribution in [0, 0.1) is 0 Å². The van der Waals surface area contributed by atoms with Gasteiger partial charge in [-0.25, -0.2) is 0 Å². The van der Waals surface area contributed by atoms with E-state index in [-0.39, 0.29) is 19.3 Å². The summed E-state index contributed by atoms with van der Waals surface area (Å²) in [5, 5.41) is 0. The van der Waals surface area contributed by atoms with E-state index in [1.807, 2.05) is 27.4 Å². The van der Waals surface area contributed by atoms with Crippen LogP contribution in [0.1, 0.15) is 103 Å². The molecule has 0 aromatic rings. The second-order valence-corrected chi connectivity index (χ2v) is 12.9. The minimum Gasteiger partial charge on any atom is -0.756 e. The molecule has 2 unspecified atom stereocenters. The molecule has 0 aromatic heterocycles. The molecule has 0 aliphatic heterocycles. The van der Waals surface area contributed by atoms with Crippen LogP contribution in [0.25, 0.3) is 0 Å². The van der Waals surface area contributed by atoms with E-state index in [0.717, 1.165) is 18.6 Å². The first kappa shape index (κ1) is 34.4. The highest BCUT2D eigenvalue weighted by Gasteiger charge is 2.17. The summed E-state index contributed by atoms with van der Waals surface area (Å²) in [7, 11) is 1.68. The van der Waals surface area contributed by atoms with Crippen LogP contribution in [0.3, 0.4) is 0 Å². The Hall–Kier alpha value is 0.380. The topological polar surface area (TPSA) is 67.8 Å². The molecule has 0 heterocycles. The second kappa shape index (κ2) is 22.6. The molecule has 0 bridgehead atoms. The van der Waals surface area contributed by atoms with Gasteiger partial charge in [-0.3, -0.25) is 4.57 Å². The van der Waals surface area contributed by atoms with E-state index < -0.39 is 7.82 Å². The highest BCUT2D eigenvalue weighted by atomic mass is 32.2. The van der Waals surface area contributed by atoms with E-state index >= 15 is 0 Å². The van der Waals surface area contributed by atoms with Crippen molar-refractivity contribution in [3.05, 3.63) is 0 Å². The molecule has 0 aliphatic rings. The number of quaternary nitrogens is 1. The number of hydrogen-bond acceptors (Lipinski definition) is 6. The van der Waals surface area contributed by atoms with Crippen LogP contribution < -0.4 is 4.89 Å². The van der Waals surface area contributed by atoms with Crippen molar-refractivity contribution in [2.75, 3.05) is 59.5 Å². The highest BCUT2D eigenvalue weighted by molar-refractivity contribution is 7.98. The first-order valence-electron chi connectivity index (χ1n) is 13.7. The summed E-state index contributed by atoms with van der Waals surface area (Å²) in [6.07, 6.45) is 21.2. The fourth-order valence-electron chi connectivity index (χ4n) is 3.65. The standard InChI is InChI=1S/C26H56NO5PS/c1-6-7-8-9-10-11-12-13-14-15-16-17-18-19-22-30-26(20-24-34-5)25-32-33(28,29)31-23-21-27(2,3)4/h26H,6-25H2,1-5H3. The lowest BCUT2D eigenvalue weighted by Crippen LogP contribution is -2.37. The first-order chi connectivity index (χ1) is 16.2. The second-order valence-electron chi connectivity index (χ2n) is 10.5. The molecule has 0 aromatic carbocycles. The Bertz CT molecular complexity index is 490. The number of nitrogens with zero attached hydrogens (tertiary/aromatic N) is 1. The minimum atomic E-state index is -4.29. The van der Waals surface area contributed by atoms with Crippen LogP contribution >= 0.6 is 19.6 Å². The number of likely N-dealkylation sites (N-methyl/N-ethyl adjacent to an activating group) is 1. The normalized spacial score (nSPS) is 14.9. The number of ether oxygens (including phenoxy) is 1.